The highest BCUT2D eigenvalue weighted by Crippen LogP contribution is 2.22. The molecule has 2 aromatic carbocycles. The lowest BCUT2D eigenvalue weighted by Crippen LogP contribution is -2.26. The number of anilines is 1. The summed E-state index contributed by atoms with van der Waals surface area (Å²) in [6, 6.07) is 19.3. The Hall–Kier alpha value is -3.93. The van der Waals surface area contributed by atoms with Crippen molar-refractivity contribution in [1.29, 1.82) is 0 Å². The minimum absolute atomic E-state index is 0.107. The van der Waals surface area contributed by atoms with Crippen molar-refractivity contribution in [3.8, 4) is 11.1 Å². The van der Waals surface area contributed by atoms with Crippen LogP contribution in [-0.2, 0) is 11.2 Å². The second-order valence-corrected chi connectivity index (χ2v) is 7.47. The van der Waals surface area contributed by atoms with Crippen LogP contribution in [0, 0.1) is 6.92 Å². The number of benzene rings is 2. The number of nitrogens with zero attached hydrogens (tertiary/aromatic N) is 1. The molecule has 2 heterocycles. The number of aromatic nitrogens is 2. The Balaban J connectivity index is 1.37. The number of hydrogen-bond acceptors (Lipinski definition) is 3. The molecule has 2 aromatic heterocycles. The fourth-order valence-corrected chi connectivity index (χ4v) is 3.70. The van der Waals surface area contributed by atoms with Gasteiger partial charge in [0, 0.05) is 47.5 Å². The number of hydrogen-bond donors (Lipinski definition) is 3. The molecule has 0 saturated heterocycles. The number of fused-ring (bicyclic) bond motifs is 1. The van der Waals surface area contributed by atoms with Crippen molar-refractivity contribution in [2.75, 3.05) is 11.9 Å². The molecule has 6 heteroatoms. The lowest BCUT2D eigenvalue weighted by molar-refractivity contribution is -0.114. The van der Waals surface area contributed by atoms with Gasteiger partial charge in [0.1, 0.15) is 5.69 Å². The molecular weight excluding hydrogens is 388 g/mol. The van der Waals surface area contributed by atoms with Gasteiger partial charge in [-0.1, -0.05) is 36.4 Å². The van der Waals surface area contributed by atoms with Crippen molar-refractivity contribution in [2.24, 2.45) is 0 Å². The van der Waals surface area contributed by atoms with Crippen LogP contribution in [0.25, 0.3) is 22.0 Å². The summed E-state index contributed by atoms with van der Waals surface area (Å²) in [4.78, 5) is 31.3. The maximum atomic E-state index is 12.5. The zero-order valence-corrected chi connectivity index (χ0v) is 17.5. The van der Waals surface area contributed by atoms with Crippen LogP contribution in [0.5, 0.6) is 0 Å². The van der Waals surface area contributed by atoms with Crippen LogP contribution in [0.2, 0.25) is 0 Å². The smallest absolute Gasteiger partial charge is 0.269 e. The summed E-state index contributed by atoms with van der Waals surface area (Å²) in [5.74, 6) is -0.297. The van der Waals surface area contributed by atoms with Crippen molar-refractivity contribution < 1.29 is 9.59 Å². The summed E-state index contributed by atoms with van der Waals surface area (Å²) in [6.45, 7) is 4.07. The molecule has 0 radical (unpaired) electrons. The zero-order chi connectivity index (χ0) is 21.8. The van der Waals surface area contributed by atoms with Crippen LogP contribution in [0.4, 0.5) is 5.69 Å². The number of H-pyrrole nitrogens is 1. The van der Waals surface area contributed by atoms with Crippen molar-refractivity contribution in [3.05, 3.63) is 83.8 Å². The van der Waals surface area contributed by atoms with Crippen molar-refractivity contribution >= 4 is 28.4 Å². The normalized spacial score (nSPS) is 10.8. The Morgan fingerprint density at radius 3 is 2.42 bits per heavy atom. The van der Waals surface area contributed by atoms with Gasteiger partial charge in [-0.15, -0.1) is 0 Å². The van der Waals surface area contributed by atoms with Crippen LogP contribution in [0.3, 0.4) is 0 Å². The number of amides is 2. The van der Waals surface area contributed by atoms with E-state index in [1.54, 1.807) is 12.3 Å². The van der Waals surface area contributed by atoms with Crippen LogP contribution in [-0.4, -0.2) is 28.3 Å². The van der Waals surface area contributed by atoms with E-state index in [0.717, 1.165) is 34.4 Å². The van der Waals surface area contributed by atoms with Gasteiger partial charge < -0.3 is 15.6 Å². The Labute approximate surface area is 180 Å². The maximum absolute atomic E-state index is 12.5. The van der Waals surface area contributed by atoms with Crippen molar-refractivity contribution in [1.82, 2.24) is 15.3 Å². The molecule has 4 rings (SSSR count). The molecule has 0 aliphatic carbocycles. The van der Waals surface area contributed by atoms with Gasteiger partial charge in [-0.2, -0.15) is 0 Å². The van der Waals surface area contributed by atoms with E-state index in [1.807, 2.05) is 42.5 Å². The molecule has 0 fully saturated rings. The van der Waals surface area contributed by atoms with E-state index in [9.17, 15) is 9.59 Å². The predicted octanol–water partition coefficient (Wildman–Crippen LogP) is 4.47. The Morgan fingerprint density at radius 2 is 1.71 bits per heavy atom. The van der Waals surface area contributed by atoms with E-state index in [4.69, 9.17) is 0 Å². The Kier molecular flexibility index (Phi) is 5.80. The largest absolute Gasteiger partial charge is 0.358 e. The van der Waals surface area contributed by atoms with Crippen LogP contribution >= 0.6 is 0 Å². The molecule has 2 amide bonds. The fourth-order valence-electron chi connectivity index (χ4n) is 3.70. The Bertz CT molecular complexity index is 1220. The van der Waals surface area contributed by atoms with Gasteiger partial charge in [0.15, 0.2) is 0 Å². The number of rotatable bonds is 6. The minimum Gasteiger partial charge on any atom is -0.358 e. The highest BCUT2D eigenvalue weighted by atomic mass is 16.2. The highest BCUT2D eigenvalue weighted by molar-refractivity contribution is 5.93. The maximum Gasteiger partial charge on any atom is 0.269 e. The second-order valence-electron chi connectivity index (χ2n) is 7.47. The van der Waals surface area contributed by atoms with Gasteiger partial charge in [0.05, 0.1) is 0 Å². The summed E-state index contributed by atoms with van der Waals surface area (Å²) < 4.78 is 0. The monoisotopic (exact) mass is 412 g/mol. The summed E-state index contributed by atoms with van der Waals surface area (Å²) in [5.41, 5.74) is 6.46. The molecule has 0 saturated carbocycles. The molecule has 0 aliphatic rings. The van der Waals surface area contributed by atoms with E-state index < -0.39 is 0 Å². The number of pyridine rings is 1. The number of aromatic amines is 1. The van der Waals surface area contributed by atoms with Gasteiger partial charge in [0.2, 0.25) is 5.91 Å². The molecule has 0 bridgehead atoms. The molecule has 3 N–H and O–H groups in total. The first kappa shape index (κ1) is 20.3. The fraction of sp³-hybridized carbons (Fsp3) is 0.160. The zero-order valence-electron chi connectivity index (χ0n) is 17.5. The van der Waals surface area contributed by atoms with E-state index in [-0.39, 0.29) is 11.8 Å². The lowest BCUT2D eigenvalue weighted by Gasteiger charge is -2.07. The summed E-state index contributed by atoms with van der Waals surface area (Å²) in [5, 5.41) is 6.89. The molecule has 0 atom stereocenters. The third-order valence-corrected chi connectivity index (χ3v) is 5.22. The molecule has 0 spiro atoms. The predicted molar refractivity (Wildman–Crippen MR) is 123 cm³/mol. The van der Waals surface area contributed by atoms with E-state index in [1.165, 1.54) is 17.9 Å². The summed E-state index contributed by atoms with van der Waals surface area (Å²) in [7, 11) is 0. The lowest BCUT2D eigenvalue weighted by atomic mass is 10.1. The van der Waals surface area contributed by atoms with Gasteiger partial charge in [-0.3, -0.25) is 14.6 Å². The van der Waals surface area contributed by atoms with Crippen molar-refractivity contribution in [3.63, 3.8) is 0 Å². The average molecular weight is 412 g/mol. The third-order valence-electron chi connectivity index (χ3n) is 5.22. The quantitative estimate of drug-likeness (QED) is 0.437. The standard InChI is InChI=1S/C25H24N4O2/c1-16-21(22-5-3-4-6-23(22)28-16)13-14-26-25(31)24-12-9-19(15-27-24)18-7-10-20(11-8-18)29-17(2)30/h3-12,15,28H,13-14H2,1-2H3,(H,26,31)(H,29,30). The molecular formula is C25H24N4O2. The molecule has 0 unspecified atom stereocenters. The average Bonchev–Trinajstić information content (AvgIpc) is 3.09. The van der Waals surface area contributed by atoms with Gasteiger partial charge in [0.25, 0.3) is 5.91 Å². The third kappa shape index (κ3) is 4.64. The number of aryl methyl sites for hydroxylation is 1. The summed E-state index contributed by atoms with van der Waals surface area (Å²) in [6.07, 6.45) is 2.44. The molecule has 4 aromatic rings. The number of carbonyl (C=O) groups is 2. The second kappa shape index (κ2) is 8.83. The molecule has 31 heavy (non-hydrogen) atoms. The van der Waals surface area contributed by atoms with Gasteiger partial charge >= 0.3 is 0 Å². The first-order valence-electron chi connectivity index (χ1n) is 10.2. The van der Waals surface area contributed by atoms with E-state index in [2.05, 4.69) is 39.7 Å². The molecule has 156 valence electrons. The highest BCUT2D eigenvalue weighted by Gasteiger charge is 2.10. The summed E-state index contributed by atoms with van der Waals surface area (Å²) >= 11 is 0. The van der Waals surface area contributed by atoms with Gasteiger partial charge in [-0.05, 0) is 48.7 Å². The van der Waals surface area contributed by atoms with Crippen LogP contribution in [0.1, 0.15) is 28.7 Å². The van der Waals surface area contributed by atoms with Gasteiger partial charge in [-0.25, -0.2) is 0 Å². The molecule has 0 aliphatic heterocycles. The minimum atomic E-state index is -0.190. The first-order valence-corrected chi connectivity index (χ1v) is 10.2. The van der Waals surface area contributed by atoms with E-state index >= 15 is 0 Å². The number of para-hydroxylation sites is 1. The van der Waals surface area contributed by atoms with Crippen LogP contribution < -0.4 is 10.6 Å². The SMILES string of the molecule is CC(=O)Nc1ccc(-c2ccc(C(=O)NCCc3c(C)[nH]c4ccccc34)nc2)cc1. The topological polar surface area (TPSA) is 86.9 Å². The van der Waals surface area contributed by atoms with Crippen LogP contribution in [0.15, 0.2) is 66.9 Å². The number of carbonyl (C=O) groups excluding carboxylic acids is 2. The van der Waals surface area contributed by atoms with E-state index in [0.29, 0.717) is 12.2 Å². The Morgan fingerprint density at radius 1 is 0.968 bits per heavy atom. The van der Waals surface area contributed by atoms with Crippen molar-refractivity contribution in [2.45, 2.75) is 20.3 Å². The molecule has 6 nitrogen and oxygen atoms in total. The number of nitrogens with one attached hydrogen (secondary N) is 3. The first-order chi connectivity index (χ1) is 15.0.